The second-order valence-electron chi connectivity index (χ2n) is 6.71. The first kappa shape index (κ1) is 20.5. The smallest absolute Gasteiger partial charge is 0.365 e. The molecule has 0 saturated carbocycles. The Morgan fingerprint density at radius 2 is 1.85 bits per heavy atom. The Morgan fingerprint density at radius 1 is 1.12 bits per heavy atom. The number of halogens is 3. The van der Waals surface area contributed by atoms with E-state index in [0.717, 1.165) is 42.2 Å². The van der Waals surface area contributed by atoms with Crippen LogP contribution in [0.2, 0.25) is 0 Å². The van der Waals surface area contributed by atoms with Crippen LogP contribution < -0.4 is 11.1 Å². The van der Waals surface area contributed by atoms with Crippen LogP contribution in [-0.4, -0.2) is 22.1 Å². The van der Waals surface area contributed by atoms with E-state index in [0.29, 0.717) is 0 Å². The quantitative estimate of drug-likeness (QED) is 0.700. The maximum Gasteiger partial charge on any atom is 0.433 e. The van der Waals surface area contributed by atoms with Crippen molar-refractivity contribution in [1.29, 1.82) is 0 Å². The van der Waals surface area contributed by atoms with E-state index in [2.05, 4.69) is 28.7 Å². The third-order valence-electron chi connectivity index (χ3n) is 4.43. The van der Waals surface area contributed by atoms with Crippen molar-refractivity contribution >= 4 is 17.4 Å². The van der Waals surface area contributed by atoms with Gasteiger partial charge in [-0.2, -0.15) is 13.2 Å². The van der Waals surface area contributed by atoms with Gasteiger partial charge in [-0.3, -0.25) is 0 Å². The Bertz CT molecular complexity index is 749. The van der Waals surface area contributed by atoms with Crippen LogP contribution in [0.3, 0.4) is 0 Å². The first-order chi connectivity index (χ1) is 11.8. The minimum Gasteiger partial charge on any atom is -0.365 e. The zero-order valence-electron chi connectivity index (χ0n) is 14.9. The summed E-state index contributed by atoms with van der Waals surface area (Å²) in [6.45, 7) is 5.34. The maximum absolute atomic E-state index is 12.9. The molecule has 4 nitrogen and oxygen atoms in total. The SMILES string of the molecule is CC1(C)CCCCN1c1ccccc1Sc1nccc(C(F)(F)F)n1.N. The van der Waals surface area contributed by atoms with Gasteiger partial charge in [0.25, 0.3) is 0 Å². The summed E-state index contributed by atoms with van der Waals surface area (Å²) in [5.74, 6) is 0. The summed E-state index contributed by atoms with van der Waals surface area (Å²) in [7, 11) is 0. The molecule has 1 aromatic heterocycles. The molecule has 1 aromatic carbocycles. The fourth-order valence-electron chi connectivity index (χ4n) is 3.12. The highest BCUT2D eigenvalue weighted by atomic mass is 32.2. The summed E-state index contributed by atoms with van der Waals surface area (Å²) >= 11 is 1.17. The Morgan fingerprint density at radius 3 is 2.54 bits per heavy atom. The van der Waals surface area contributed by atoms with Crippen molar-refractivity contribution in [3.8, 4) is 0 Å². The molecule has 0 amide bonds. The molecule has 26 heavy (non-hydrogen) atoms. The summed E-state index contributed by atoms with van der Waals surface area (Å²) in [5.41, 5.74) is 0.128. The number of hydrogen-bond donors (Lipinski definition) is 1. The highest BCUT2D eigenvalue weighted by Crippen LogP contribution is 2.40. The highest BCUT2D eigenvalue weighted by Gasteiger charge is 2.33. The molecule has 1 saturated heterocycles. The topological polar surface area (TPSA) is 64.0 Å². The zero-order valence-corrected chi connectivity index (χ0v) is 15.7. The van der Waals surface area contributed by atoms with E-state index in [4.69, 9.17) is 0 Å². The summed E-state index contributed by atoms with van der Waals surface area (Å²) in [6, 6.07) is 8.66. The molecule has 8 heteroatoms. The lowest BCUT2D eigenvalue weighted by Gasteiger charge is -2.45. The van der Waals surface area contributed by atoms with Crippen LogP contribution >= 0.6 is 11.8 Å². The van der Waals surface area contributed by atoms with Crippen molar-refractivity contribution < 1.29 is 13.2 Å². The van der Waals surface area contributed by atoms with Crippen LogP contribution in [0.25, 0.3) is 0 Å². The van der Waals surface area contributed by atoms with Crippen LogP contribution in [-0.2, 0) is 6.18 Å². The Balaban J connectivity index is 0.00000243. The molecule has 142 valence electrons. The number of benzene rings is 1. The van der Waals surface area contributed by atoms with E-state index in [9.17, 15) is 13.2 Å². The van der Waals surface area contributed by atoms with E-state index < -0.39 is 11.9 Å². The maximum atomic E-state index is 12.9. The van der Waals surface area contributed by atoms with Crippen molar-refractivity contribution in [3.05, 3.63) is 42.2 Å². The molecule has 1 aliphatic rings. The van der Waals surface area contributed by atoms with Crippen molar-refractivity contribution in [2.45, 2.75) is 54.9 Å². The van der Waals surface area contributed by atoms with E-state index in [1.165, 1.54) is 18.2 Å². The molecular weight excluding hydrogens is 361 g/mol. The third-order valence-corrected chi connectivity index (χ3v) is 5.38. The van der Waals surface area contributed by atoms with Crippen LogP contribution in [0.15, 0.2) is 46.6 Å². The number of piperidine rings is 1. The van der Waals surface area contributed by atoms with E-state index in [-0.39, 0.29) is 16.8 Å². The normalized spacial score (nSPS) is 16.9. The van der Waals surface area contributed by atoms with Gasteiger partial charge < -0.3 is 11.1 Å². The van der Waals surface area contributed by atoms with Gasteiger partial charge in [-0.1, -0.05) is 12.1 Å². The monoisotopic (exact) mass is 384 g/mol. The lowest BCUT2D eigenvalue weighted by Crippen LogP contribution is -2.47. The number of anilines is 1. The van der Waals surface area contributed by atoms with Crippen LogP contribution in [0.1, 0.15) is 38.8 Å². The van der Waals surface area contributed by atoms with Gasteiger partial charge in [0.15, 0.2) is 5.16 Å². The second-order valence-corrected chi connectivity index (χ2v) is 7.72. The van der Waals surface area contributed by atoms with E-state index >= 15 is 0 Å². The van der Waals surface area contributed by atoms with E-state index in [1.807, 2.05) is 24.3 Å². The number of nitrogens with zero attached hydrogens (tertiary/aromatic N) is 3. The fourth-order valence-corrected chi connectivity index (χ4v) is 4.01. The van der Waals surface area contributed by atoms with E-state index in [1.54, 1.807) is 0 Å². The fraction of sp³-hybridized carbons (Fsp3) is 0.444. The zero-order chi connectivity index (χ0) is 18.1. The number of para-hydroxylation sites is 1. The summed E-state index contributed by atoms with van der Waals surface area (Å²) in [5, 5.41) is 0.108. The Labute approximate surface area is 155 Å². The minimum atomic E-state index is -4.47. The van der Waals surface area contributed by atoms with Gasteiger partial charge in [0, 0.05) is 23.2 Å². The minimum absolute atomic E-state index is 0. The summed E-state index contributed by atoms with van der Waals surface area (Å²) in [4.78, 5) is 10.9. The number of rotatable bonds is 3. The highest BCUT2D eigenvalue weighted by molar-refractivity contribution is 7.99. The Hall–Kier alpha value is -1.80. The predicted molar refractivity (Wildman–Crippen MR) is 97.9 cm³/mol. The van der Waals surface area contributed by atoms with Crippen LogP contribution in [0.5, 0.6) is 0 Å². The largest absolute Gasteiger partial charge is 0.433 e. The molecular formula is C18H23F3N4S. The standard InChI is InChI=1S/C18H20F3N3S.H3N/c1-17(2)10-5-6-12-24(17)13-7-3-4-8-14(13)25-16-22-11-9-15(23-16)18(19,20)21;/h3-4,7-9,11H,5-6,10,12H2,1-2H3;1H3. The number of alkyl halides is 3. The first-order valence-electron chi connectivity index (χ1n) is 8.22. The number of aromatic nitrogens is 2. The lowest BCUT2D eigenvalue weighted by atomic mass is 9.90. The Kier molecular flexibility index (Phi) is 6.18. The van der Waals surface area contributed by atoms with Gasteiger partial charge in [0.05, 0.1) is 5.69 Å². The first-order valence-corrected chi connectivity index (χ1v) is 9.04. The lowest BCUT2D eigenvalue weighted by molar-refractivity contribution is -0.141. The second kappa shape index (κ2) is 7.84. The van der Waals surface area contributed by atoms with Gasteiger partial charge in [-0.15, -0.1) is 0 Å². The molecule has 1 fully saturated rings. The van der Waals surface area contributed by atoms with Gasteiger partial charge >= 0.3 is 6.18 Å². The van der Waals surface area contributed by atoms with Gasteiger partial charge in [-0.05, 0) is 63.1 Å². The molecule has 2 heterocycles. The molecule has 2 aromatic rings. The molecule has 0 atom stereocenters. The average molecular weight is 384 g/mol. The summed E-state index contributed by atoms with van der Waals surface area (Å²) in [6.07, 6.45) is 0.0856. The molecule has 0 spiro atoms. The van der Waals surface area contributed by atoms with Crippen molar-refractivity contribution in [2.24, 2.45) is 0 Å². The van der Waals surface area contributed by atoms with Crippen LogP contribution in [0.4, 0.5) is 18.9 Å². The molecule has 1 aliphatic heterocycles. The predicted octanol–water partition coefficient (Wildman–Crippen LogP) is 5.58. The molecule has 0 unspecified atom stereocenters. The van der Waals surface area contributed by atoms with Gasteiger partial charge in [0.1, 0.15) is 5.69 Å². The number of hydrogen-bond acceptors (Lipinski definition) is 5. The molecule has 3 N–H and O–H groups in total. The molecule has 3 rings (SSSR count). The molecule has 0 radical (unpaired) electrons. The molecule has 0 aliphatic carbocycles. The molecule has 0 bridgehead atoms. The third kappa shape index (κ3) is 4.48. The summed E-state index contributed by atoms with van der Waals surface area (Å²) < 4.78 is 38.6. The van der Waals surface area contributed by atoms with Crippen LogP contribution in [0, 0.1) is 0 Å². The average Bonchev–Trinajstić information content (AvgIpc) is 2.55. The van der Waals surface area contributed by atoms with Gasteiger partial charge in [-0.25, -0.2) is 9.97 Å². The van der Waals surface area contributed by atoms with Gasteiger partial charge in [0.2, 0.25) is 0 Å². The van der Waals surface area contributed by atoms with Crippen molar-refractivity contribution in [2.75, 3.05) is 11.4 Å². The van der Waals surface area contributed by atoms with Crippen molar-refractivity contribution in [3.63, 3.8) is 0 Å². The van der Waals surface area contributed by atoms with Crippen molar-refractivity contribution in [1.82, 2.24) is 16.1 Å².